The Hall–Kier alpha value is -2.63. The zero-order valence-corrected chi connectivity index (χ0v) is 12.8. The number of hydrogen-bond acceptors (Lipinski definition) is 4. The van der Waals surface area contributed by atoms with Gasteiger partial charge in [-0.2, -0.15) is 0 Å². The van der Waals surface area contributed by atoms with Crippen LogP contribution < -0.4 is 4.84 Å². The minimum Gasteiger partial charge on any atom is -0.492 e. The Morgan fingerprint density at radius 2 is 1.78 bits per heavy atom. The van der Waals surface area contributed by atoms with Crippen molar-refractivity contribution < 1.29 is 19.8 Å². The summed E-state index contributed by atoms with van der Waals surface area (Å²) in [5.41, 5.74) is 1.17. The molecule has 2 heterocycles. The summed E-state index contributed by atoms with van der Waals surface area (Å²) >= 11 is 0. The van der Waals surface area contributed by atoms with E-state index in [0.717, 1.165) is 30.4 Å². The van der Waals surface area contributed by atoms with Crippen molar-refractivity contribution in [3.8, 4) is 11.8 Å². The number of likely N-dealkylation sites (tertiary alicyclic amines) is 1. The van der Waals surface area contributed by atoms with E-state index in [0.29, 0.717) is 6.54 Å². The van der Waals surface area contributed by atoms with E-state index in [9.17, 15) is 15.0 Å². The van der Waals surface area contributed by atoms with Crippen molar-refractivity contribution in [2.45, 2.75) is 31.7 Å². The molecule has 1 aliphatic heterocycles. The molecule has 0 spiro atoms. The number of amides is 1. The first-order valence-corrected chi connectivity index (χ1v) is 7.77. The lowest BCUT2D eigenvalue weighted by molar-refractivity contribution is 0.0527. The largest absolute Gasteiger partial charge is 0.492 e. The van der Waals surface area contributed by atoms with Crippen molar-refractivity contribution >= 4 is 6.09 Å². The van der Waals surface area contributed by atoms with E-state index in [1.807, 2.05) is 30.3 Å². The van der Waals surface area contributed by atoms with Crippen molar-refractivity contribution in [2.24, 2.45) is 0 Å². The molecule has 0 saturated carbocycles. The quantitative estimate of drug-likeness (QED) is 0.912. The van der Waals surface area contributed by atoms with Gasteiger partial charge in [-0.05, 0) is 31.2 Å². The Kier molecular flexibility index (Phi) is 4.41. The van der Waals surface area contributed by atoms with Gasteiger partial charge in [0.25, 0.3) is 0 Å². The molecule has 1 aromatic heterocycles. The molecule has 1 aromatic carbocycles. The van der Waals surface area contributed by atoms with E-state index in [4.69, 9.17) is 4.84 Å². The molecule has 6 heteroatoms. The van der Waals surface area contributed by atoms with Crippen molar-refractivity contribution in [1.82, 2.24) is 9.63 Å². The Balaban J connectivity index is 1.72. The van der Waals surface area contributed by atoms with Gasteiger partial charge in [0.05, 0.1) is 0 Å². The minimum atomic E-state index is -0.563. The highest BCUT2D eigenvalue weighted by molar-refractivity contribution is 5.69. The van der Waals surface area contributed by atoms with Gasteiger partial charge in [0.1, 0.15) is 0 Å². The SMILES string of the molecule is O=C(On1c(O)ccc1O)N1CCCCC1Cc1ccccc1. The van der Waals surface area contributed by atoms with Gasteiger partial charge in [0, 0.05) is 24.7 Å². The van der Waals surface area contributed by atoms with Crippen LogP contribution in [0.15, 0.2) is 42.5 Å². The first kappa shape index (κ1) is 15.3. The monoisotopic (exact) mass is 316 g/mol. The molecule has 3 rings (SSSR count). The summed E-state index contributed by atoms with van der Waals surface area (Å²) in [6, 6.07) is 12.6. The maximum Gasteiger partial charge on any atom is 0.435 e. The standard InChI is InChI=1S/C17H20N2O4/c20-15-9-10-16(21)19(15)23-17(22)18-11-5-4-8-14(18)12-13-6-2-1-3-7-13/h1-3,6-7,9-10,14,20-21H,4-5,8,11-12H2. The molecule has 23 heavy (non-hydrogen) atoms. The maximum atomic E-state index is 12.4. The molecule has 1 saturated heterocycles. The van der Waals surface area contributed by atoms with Crippen LogP contribution in [0.4, 0.5) is 4.79 Å². The van der Waals surface area contributed by atoms with Gasteiger partial charge in [0.15, 0.2) is 0 Å². The zero-order chi connectivity index (χ0) is 16.2. The smallest absolute Gasteiger partial charge is 0.435 e. The fraction of sp³-hybridized carbons (Fsp3) is 0.353. The van der Waals surface area contributed by atoms with Gasteiger partial charge in [-0.1, -0.05) is 30.3 Å². The highest BCUT2D eigenvalue weighted by atomic mass is 16.7. The summed E-state index contributed by atoms with van der Waals surface area (Å²) < 4.78 is 0.733. The summed E-state index contributed by atoms with van der Waals surface area (Å²) in [7, 11) is 0. The molecule has 1 fully saturated rings. The number of aromatic nitrogens is 1. The van der Waals surface area contributed by atoms with Crippen LogP contribution in [0.3, 0.4) is 0 Å². The van der Waals surface area contributed by atoms with Gasteiger partial charge < -0.3 is 20.0 Å². The van der Waals surface area contributed by atoms with Crippen LogP contribution in [0.1, 0.15) is 24.8 Å². The highest BCUT2D eigenvalue weighted by Gasteiger charge is 2.29. The number of carbonyl (C=O) groups excluding carboxylic acids is 1. The summed E-state index contributed by atoms with van der Waals surface area (Å²) in [5, 5.41) is 19.2. The van der Waals surface area contributed by atoms with Gasteiger partial charge in [-0.25, -0.2) is 4.79 Å². The third kappa shape index (κ3) is 3.41. The summed E-state index contributed by atoms with van der Waals surface area (Å²) in [5.74, 6) is -0.625. The average Bonchev–Trinajstić information content (AvgIpc) is 2.88. The number of rotatable bonds is 3. The lowest BCUT2D eigenvalue weighted by atomic mass is 9.96. The second kappa shape index (κ2) is 6.64. The average molecular weight is 316 g/mol. The normalized spacial score (nSPS) is 17.9. The van der Waals surface area contributed by atoms with Gasteiger partial charge in [0.2, 0.25) is 11.8 Å². The minimum absolute atomic E-state index is 0.0542. The molecule has 2 N–H and O–H groups in total. The summed E-state index contributed by atoms with van der Waals surface area (Å²) in [6.07, 6.45) is 3.10. The predicted molar refractivity (Wildman–Crippen MR) is 84.2 cm³/mol. The topological polar surface area (TPSA) is 74.9 Å². The predicted octanol–water partition coefficient (Wildman–Crippen LogP) is 2.55. The number of hydrogen-bond donors (Lipinski definition) is 2. The second-order valence-electron chi connectivity index (χ2n) is 5.73. The molecule has 0 bridgehead atoms. The zero-order valence-electron chi connectivity index (χ0n) is 12.8. The molecular weight excluding hydrogens is 296 g/mol. The van der Waals surface area contributed by atoms with Crippen molar-refractivity contribution in [2.75, 3.05) is 6.54 Å². The Morgan fingerprint density at radius 1 is 1.09 bits per heavy atom. The van der Waals surface area contributed by atoms with Crippen molar-refractivity contribution in [3.05, 3.63) is 48.0 Å². The fourth-order valence-corrected chi connectivity index (χ4v) is 2.97. The van der Waals surface area contributed by atoms with E-state index in [-0.39, 0.29) is 17.8 Å². The fourth-order valence-electron chi connectivity index (χ4n) is 2.97. The molecule has 1 atom stereocenters. The Labute approximate surface area is 134 Å². The molecule has 1 unspecified atom stereocenters. The molecule has 2 aromatic rings. The Bertz CT molecular complexity index is 649. The van der Waals surface area contributed by atoms with E-state index < -0.39 is 6.09 Å². The summed E-state index contributed by atoms with van der Waals surface area (Å²) in [4.78, 5) is 19.2. The number of aromatic hydroxyl groups is 2. The number of benzene rings is 1. The third-order valence-corrected chi connectivity index (χ3v) is 4.14. The first-order chi connectivity index (χ1) is 11.1. The van der Waals surface area contributed by atoms with Crippen LogP contribution in [-0.2, 0) is 6.42 Å². The van der Waals surface area contributed by atoms with Crippen molar-refractivity contribution in [1.29, 1.82) is 0 Å². The van der Waals surface area contributed by atoms with Crippen LogP contribution in [0, 0.1) is 0 Å². The lowest BCUT2D eigenvalue weighted by Gasteiger charge is -2.34. The Morgan fingerprint density at radius 3 is 2.48 bits per heavy atom. The number of carbonyl (C=O) groups is 1. The van der Waals surface area contributed by atoms with E-state index in [1.54, 1.807) is 4.90 Å². The molecule has 0 aliphatic carbocycles. The first-order valence-electron chi connectivity index (χ1n) is 7.77. The van der Waals surface area contributed by atoms with Crippen LogP contribution >= 0.6 is 0 Å². The van der Waals surface area contributed by atoms with Crippen LogP contribution in [0.5, 0.6) is 11.8 Å². The number of piperidine rings is 1. The van der Waals surface area contributed by atoms with Gasteiger partial charge in [-0.15, -0.1) is 4.73 Å². The van der Waals surface area contributed by atoms with Crippen LogP contribution in [-0.4, -0.2) is 38.5 Å². The van der Waals surface area contributed by atoms with Gasteiger partial charge in [-0.3, -0.25) is 0 Å². The van der Waals surface area contributed by atoms with Crippen molar-refractivity contribution in [3.63, 3.8) is 0 Å². The molecule has 1 amide bonds. The number of nitrogens with zero attached hydrogens (tertiary/aromatic N) is 2. The van der Waals surface area contributed by atoms with E-state index in [2.05, 4.69) is 0 Å². The van der Waals surface area contributed by atoms with E-state index >= 15 is 0 Å². The van der Waals surface area contributed by atoms with Gasteiger partial charge >= 0.3 is 6.09 Å². The third-order valence-electron chi connectivity index (χ3n) is 4.14. The molecule has 6 nitrogen and oxygen atoms in total. The second-order valence-corrected chi connectivity index (χ2v) is 5.73. The summed E-state index contributed by atoms with van der Waals surface area (Å²) in [6.45, 7) is 0.610. The molecular formula is C17H20N2O4. The molecule has 1 aliphatic rings. The maximum absolute atomic E-state index is 12.4. The molecule has 0 radical (unpaired) electrons. The van der Waals surface area contributed by atoms with E-state index in [1.165, 1.54) is 17.7 Å². The molecule has 122 valence electrons. The lowest BCUT2D eigenvalue weighted by Crippen LogP contribution is -2.47. The van der Waals surface area contributed by atoms with Crippen LogP contribution in [0.2, 0.25) is 0 Å². The van der Waals surface area contributed by atoms with Crippen LogP contribution in [0.25, 0.3) is 0 Å². The highest BCUT2D eigenvalue weighted by Crippen LogP contribution is 2.23.